The van der Waals surface area contributed by atoms with E-state index < -0.39 is 0 Å². The number of anilines is 1. The summed E-state index contributed by atoms with van der Waals surface area (Å²) in [4.78, 5) is 24.6. The Balaban J connectivity index is 1.73. The van der Waals surface area contributed by atoms with Gasteiger partial charge in [0.15, 0.2) is 0 Å². The lowest BCUT2D eigenvalue weighted by Gasteiger charge is -2.23. The lowest BCUT2D eigenvalue weighted by atomic mass is 10.1. The zero-order chi connectivity index (χ0) is 18.5. The molecule has 1 aliphatic heterocycles. The molecule has 3 rings (SSSR count). The van der Waals surface area contributed by atoms with Crippen molar-refractivity contribution in [1.82, 2.24) is 5.32 Å². The summed E-state index contributed by atoms with van der Waals surface area (Å²) in [5.41, 5.74) is 1.76. The standard InChI is InChI=1S/C19H18ClN3O3/c1-26-17-5-3-2-4-13(17)12-21-19(25)16-10-11-18(24)23(22-16)15-8-6-14(20)7-9-15/h2-9H,10-12H2,1H3,(H,21,25). The van der Waals surface area contributed by atoms with Crippen molar-refractivity contribution in [3.63, 3.8) is 0 Å². The molecule has 0 aromatic heterocycles. The summed E-state index contributed by atoms with van der Waals surface area (Å²) in [6.07, 6.45) is 0.532. The van der Waals surface area contributed by atoms with E-state index in [1.54, 1.807) is 31.4 Å². The SMILES string of the molecule is COc1ccccc1CNC(=O)C1=NN(c2ccc(Cl)cc2)C(=O)CC1. The molecule has 0 saturated carbocycles. The Labute approximate surface area is 156 Å². The molecule has 0 fully saturated rings. The first kappa shape index (κ1) is 17.9. The van der Waals surface area contributed by atoms with E-state index in [-0.39, 0.29) is 18.2 Å². The van der Waals surface area contributed by atoms with Gasteiger partial charge in [-0.1, -0.05) is 29.8 Å². The largest absolute Gasteiger partial charge is 0.496 e. The van der Waals surface area contributed by atoms with Crippen LogP contribution in [-0.2, 0) is 16.1 Å². The minimum absolute atomic E-state index is 0.159. The Morgan fingerprint density at radius 2 is 1.92 bits per heavy atom. The molecular weight excluding hydrogens is 354 g/mol. The number of nitrogens with zero attached hydrogens (tertiary/aromatic N) is 2. The quantitative estimate of drug-likeness (QED) is 0.877. The minimum Gasteiger partial charge on any atom is -0.496 e. The summed E-state index contributed by atoms with van der Waals surface area (Å²) >= 11 is 5.88. The highest BCUT2D eigenvalue weighted by Crippen LogP contribution is 2.22. The molecule has 0 spiro atoms. The molecule has 1 N–H and O–H groups in total. The average molecular weight is 372 g/mol. The second-order valence-electron chi connectivity index (χ2n) is 5.72. The Bertz CT molecular complexity index is 849. The van der Waals surface area contributed by atoms with Crippen LogP contribution in [0.4, 0.5) is 5.69 Å². The van der Waals surface area contributed by atoms with Crippen molar-refractivity contribution in [3.05, 3.63) is 59.1 Å². The second-order valence-corrected chi connectivity index (χ2v) is 6.16. The van der Waals surface area contributed by atoms with Gasteiger partial charge in [0.1, 0.15) is 11.5 Å². The number of carbonyl (C=O) groups is 2. The van der Waals surface area contributed by atoms with Crippen molar-refractivity contribution in [2.45, 2.75) is 19.4 Å². The minimum atomic E-state index is -0.303. The number of rotatable bonds is 5. The summed E-state index contributed by atoms with van der Waals surface area (Å²) in [7, 11) is 1.58. The van der Waals surface area contributed by atoms with E-state index in [9.17, 15) is 9.59 Å². The van der Waals surface area contributed by atoms with Crippen molar-refractivity contribution in [1.29, 1.82) is 0 Å². The van der Waals surface area contributed by atoms with E-state index in [0.717, 1.165) is 5.56 Å². The van der Waals surface area contributed by atoms with Gasteiger partial charge in [0.2, 0.25) is 5.91 Å². The van der Waals surface area contributed by atoms with E-state index in [4.69, 9.17) is 16.3 Å². The fraction of sp³-hybridized carbons (Fsp3) is 0.211. The second kappa shape index (κ2) is 8.01. The molecule has 2 amide bonds. The monoisotopic (exact) mass is 371 g/mol. The number of methoxy groups -OCH3 is 1. The van der Waals surface area contributed by atoms with Gasteiger partial charge in [-0.25, -0.2) is 5.01 Å². The molecular formula is C19H18ClN3O3. The molecule has 0 saturated heterocycles. The van der Waals surface area contributed by atoms with Crippen LogP contribution in [0.2, 0.25) is 5.02 Å². The Morgan fingerprint density at radius 3 is 2.65 bits per heavy atom. The molecule has 7 heteroatoms. The molecule has 2 aromatic rings. The zero-order valence-electron chi connectivity index (χ0n) is 14.2. The van der Waals surface area contributed by atoms with Crippen LogP contribution in [0.1, 0.15) is 18.4 Å². The summed E-state index contributed by atoms with van der Waals surface area (Å²) in [5.74, 6) is 0.243. The summed E-state index contributed by atoms with van der Waals surface area (Å²) in [5, 5.41) is 8.88. The van der Waals surface area contributed by atoms with Crippen LogP contribution in [-0.4, -0.2) is 24.6 Å². The molecule has 134 valence electrons. The number of amides is 2. The fourth-order valence-corrected chi connectivity index (χ4v) is 2.75. The van der Waals surface area contributed by atoms with Crippen LogP contribution >= 0.6 is 11.6 Å². The predicted octanol–water partition coefficient (Wildman–Crippen LogP) is 3.15. The third-order valence-electron chi connectivity index (χ3n) is 4.00. The first-order valence-corrected chi connectivity index (χ1v) is 8.52. The maximum atomic E-state index is 12.5. The van der Waals surface area contributed by atoms with E-state index >= 15 is 0 Å². The number of hydrogen-bond acceptors (Lipinski definition) is 4. The molecule has 26 heavy (non-hydrogen) atoms. The van der Waals surface area contributed by atoms with Gasteiger partial charge in [-0.05, 0) is 30.3 Å². The maximum absolute atomic E-state index is 12.5. The van der Waals surface area contributed by atoms with Crippen molar-refractivity contribution >= 4 is 34.8 Å². The number of ether oxygens (including phenoxy) is 1. The van der Waals surface area contributed by atoms with Crippen LogP contribution < -0.4 is 15.1 Å². The molecule has 1 heterocycles. The van der Waals surface area contributed by atoms with Gasteiger partial charge in [-0.2, -0.15) is 5.10 Å². The number of hydrazone groups is 1. The smallest absolute Gasteiger partial charge is 0.267 e. The number of para-hydroxylation sites is 1. The molecule has 6 nitrogen and oxygen atoms in total. The van der Waals surface area contributed by atoms with Gasteiger partial charge in [-0.3, -0.25) is 9.59 Å². The Kier molecular flexibility index (Phi) is 5.53. The summed E-state index contributed by atoms with van der Waals surface area (Å²) in [6.45, 7) is 0.316. The van der Waals surface area contributed by atoms with Gasteiger partial charge >= 0.3 is 0 Å². The average Bonchev–Trinajstić information content (AvgIpc) is 2.67. The number of benzene rings is 2. The third kappa shape index (κ3) is 4.03. The molecule has 0 unspecified atom stereocenters. The van der Waals surface area contributed by atoms with Gasteiger partial charge in [0, 0.05) is 30.0 Å². The number of halogens is 1. The third-order valence-corrected chi connectivity index (χ3v) is 4.25. The topological polar surface area (TPSA) is 71.0 Å². The number of carbonyl (C=O) groups excluding carboxylic acids is 2. The highest BCUT2D eigenvalue weighted by Gasteiger charge is 2.25. The lowest BCUT2D eigenvalue weighted by Crippen LogP contribution is -2.38. The van der Waals surface area contributed by atoms with Crippen LogP contribution in [0.25, 0.3) is 0 Å². The summed E-state index contributed by atoms with van der Waals surface area (Å²) in [6, 6.07) is 14.2. The van der Waals surface area contributed by atoms with Gasteiger partial charge < -0.3 is 10.1 Å². The van der Waals surface area contributed by atoms with Gasteiger partial charge in [0.25, 0.3) is 5.91 Å². The molecule has 2 aromatic carbocycles. The van der Waals surface area contributed by atoms with Crippen LogP contribution in [0, 0.1) is 0 Å². The van der Waals surface area contributed by atoms with Crippen molar-refractivity contribution < 1.29 is 14.3 Å². The number of nitrogens with one attached hydrogen (secondary N) is 1. The van der Waals surface area contributed by atoms with Gasteiger partial charge in [0.05, 0.1) is 12.8 Å². The Hall–Kier alpha value is -2.86. The van der Waals surface area contributed by atoms with Crippen molar-refractivity contribution in [3.8, 4) is 5.75 Å². The Morgan fingerprint density at radius 1 is 1.19 bits per heavy atom. The number of hydrogen-bond donors (Lipinski definition) is 1. The highest BCUT2D eigenvalue weighted by atomic mass is 35.5. The highest BCUT2D eigenvalue weighted by molar-refractivity contribution is 6.40. The van der Waals surface area contributed by atoms with E-state index in [1.807, 2.05) is 24.3 Å². The normalized spacial score (nSPS) is 14.0. The first-order valence-electron chi connectivity index (χ1n) is 8.14. The zero-order valence-corrected chi connectivity index (χ0v) is 15.0. The van der Waals surface area contributed by atoms with E-state index in [1.165, 1.54) is 5.01 Å². The van der Waals surface area contributed by atoms with Crippen molar-refractivity contribution in [2.24, 2.45) is 5.10 Å². The molecule has 0 atom stereocenters. The van der Waals surface area contributed by atoms with Crippen LogP contribution in [0.3, 0.4) is 0 Å². The fourth-order valence-electron chi connectivity index (χ4n) is 2.63. The predicted molar refractivity (Wildman–Crippen MR) is 100 cm³/mol. The van der Waals surface area contributed by atoms with E-state index in [0.29, 0.717) is 35.1 Å². The lowest BCUT2D eigenvalue weighted by molar-refractivity contribution is -0.119. The maximum Gasteiger partial charge on any atom is 0.267 e. The van der Waals surface area contributed by atoms with Crippen LogP contribution in [0.5, 0.6) is 5.75 Å². The van der Waals surface area contributed by atoms with E-state index in [2.05, 4.69) is 10.4 Å². The van der Waals surface area contributed by atoms with Crippen molar-refractivity contribution in [2.75, 3.05) is 12.1 Å². The first-order chi connectivity index (χ1) is 12.6. The molecule has 1 aliphatic rings. The van der Waals surface area contributed by atoms with Gasteiger partial charge in [-0.15, -0.1) is 0 Å². The molecule has 0 bridgehead atoms. The molecule has 0 radical (unpaired) electrons. The summed E-state index contributed by atoms with van der Waals surface area (Å²) < 4.78 is 5.28. The van der Waals surface area contributed by atoms with Crippen LogP contribution in [0.15, 0.2) is 53.6 Å². The molecule has 0 aliphatic carbocycles.